The molecule has 0 radical (unpaired) electrons. The molecule has 0 aliphatic carbocycles. The van der Waals surface area contributed by atoms with Crippen molar-refractivity contribution in [2.45, 2.75) is 51.5 Å². The topological polar surface area (TPSA) is 15.3 Å². The van der Waals surface area contributed by atoms with Gasteiger partial charge >= 0.3 is 6.18 Å². The highest BCUT2D eigenvalue weighted by atomic mass is 19.4. The van der Waals surface area contributed by atoms with Gasteiger partial charge in [-0.05, 0) is 30.5 Å². The Bertz CT molecular complexity index is 442. The molecule has 1 heterocycles. The van der Waals surface area contributed by atoms with Gasteiger partial charge in [-0.15, -0.1) is 0 Å². The number of hydrogen-bond donors (Lipinski definition) is 1. The lowest BCUT2D eigenvalue weighted by Gasteiger charge is -2.40. The lowest BCUT2D eigenvalue weighted by atomic mass is 10.0. The van der Waals surface area contributed by atoms with Crippen LogP contribution >= 0.6 is 0 Å². The number of halogens is 3. The largest absolute Gasteiger partial charge is 0.416 e. The standard InChI is InChI=1S/C16H23F3N2/c1-3-14-11-21(15(4-2)9-20-14)10-12-5-7-13(8-6-12)16(17,18)19/h5-8,14-15,20H,3-4,9-11H2,1-2H3. The molecule has 1 aromatic carbocycles. The summed E-state index contributed by atoms with van der Waals surface area (Å²) in [6, 6.07) is 6.47. The van der Waals surface area contributed by atoms with Crippen LogP contribution in [0.2, 0.25) is 0 Å². The normalized spacial score (nSPS) is 24.2. The fourth-order valence-corrected chi connectivity index (χ4v) is 2.83. The monoisotopic (exact) mass is 300 g/mol. The Morgan fingerprint density at radius 1 is 1.14 bits per heavy atom. The Labute approximate surface area is 124 Å². The van der Waals surface area contributed by atoms with E-state index in [9.17, 15) is 13.2 Å². The number of nitrogens with one attached hydrogen (secondary N) is 1. The van der Waals surface area contributed by atoms with Crippen molar-refractivity contribution in [3.63, 3.8) is 0 Å². The molecule has 2 unspecified atom stereocenters. The predicted octanol–water partition coefficient (Wildman–Crippen LogP) is 3.67. The van der Waals surface area contributed by atoms with Crippen molar-refractivity contribution in [1.82, 2.24) is 10.2 Å². The second-order valence-corrected chi connectivity index (χ2v) is 5.70. The van der Waals surface area contributed by atoms with E-state index in [-0.39, 0.29) is 0 Å². The van der Waals surface area contributed by atoms with Crippen LogP contribution in [0.4, 0.5) is 13.2 Å². The zero-order valence-electron chi connectivity index (χ0n) is 12.6. The first-order valence-electron chi connectivity index (χ1n) is 7.57. The van der Waals surface area contributed by atoms with Crippen LogP contribution < -0.4 is 5.32 Å². The SMILES string of the molecule is CCC1CN(Cc2ccc(C(F)(F)F)cc2)C(CC)CN1. The van der Waals surface area contributed by atoms with Crippen molar-refractivity contribution in [3.8, 4) is 0 Å². The molecule has 21 heavy (non-hydrogen) atoms. The van der Waals surface area contributed by atoms with Crippen molar-refractivity contribution in [3.05, 3.63) is 35.4 Å². The summed E-state index contributed by atoms with van der Waals surface area (Å²) in [5.74, 6) is 0. The van der Waals surface area contributed by atoms with Crippen molar-refractivity contribution in [2.75, 3.05) is 13.1 Å². The van der Waals surface area contributed by atoms with Gasteiger partial charge < -0.3 is 5.32 Å². The molecule has 0 bridgehead atoms. The highest BCUT2D eigenvalue weighted by Crippen LogP contribution is 2.29. The first-order valence-corrected chi connectivity index (χ1v) is 7.57. The van der Waals surface area contributed by atoms with E-state index in [4.69, 9.17) is 0 Å². The third-order valence-corrected chi connectivity index (χ3v) is 4.24. The minimum absolute atomic E-state index is 0.454. The first-order chi connectivity index (χ1) is 9.94. The molecule has 1 aromatic rings. The molecule has 2 rings (SSSR count). The Morgan fingerprint density at radius 3 is 2.33 bits per heavy atom. The van der Waals surface area contributed by atoms with Gasteiger partial charge in [-0.3, -0.25) is 4.90 Å². The molecule has 1 fully saturated rings. The van der Waals surface area contributed by atoms with Gasteiger partial charge in [0.05, 0.1) is 5.56 Å². The molecule has 118 valence electrons. The van der Waals surface area contributed by atoms with Gasteiger partial charge in [0.25, 0.3) is 0 Å². The maximum Gasteiger partial charge on any atom is 0.416 e. The number of benzene rings is 1. The van der Waals surface area contributed by atoms with Gasteiger partial charge in [0.1, 0.15) is 0 Å². The molecule has 1 N–H and O–H groups in total. The van der Waals surface area contributed by atoms with E-state index in [2.05, 4.69) is 24.1 Å². The van der Waals surface area contributed by atoms with E-state index in [0.29, 0.717) is 12.1 Å². The van der Waals surface area contributed by atoms with E-state index in [1.807, 2.05) is 0 Å². The number of alkyl halides is 3. The van der Waals surface area contributed by atoms with Gasteiger partial charge in [0.15, 0.2) is 0 Å². The van der Waals surface area contributed by atoms with Crippen LogP contribution in [0.1, 0.15) is 37.8 Å². The van der Waals surface area contributed by atoms with Crippen molar-refractivity contribution >= 4 is 0 Å². The van der Waals surface area contributed by atoms with E-state index in [0.717, 1.165) is 38.0 Å². The van der Waals surface area contributed by atoms with Gasteiger partial charge in [-0.25, -0.2) is 0 Å². The molecular formula is C16H23F3N2. The van der Waals surface area contributed by atoms with Crippen LogP contribution in [0.3, 0.4) is 0 Å². The lowest BCUT2D eigenvalue weighted by molar-refractivity contribution is -0.137. The van der Waals surface area contributed by atoms with E-state index in [1.165, 1.54) is 12.1 Å². The Balaban J connectivity index is 2.05. The fourth-order valence-electron chi connectivity index (χ4n) is 2.83. The van der Waals surface area contributed by atoms with Crippen LogP contribution in [0, 0.1) is 0 Å². The Hall–Kier alpha value is -1.07. The summed E-state index contributed by atoms with van der Waals surface area (Å²) in [5, 5.41) is 3.52. The highest BCUT2D eigenvalue weighted by molar-refractivity contribution is 5.24. The minimum atomic E-state index is -4.26. The lowest BCUT2D eigenvalue weighted by Crippen LogP contribution is -2.55. The molecule has 0 aromatic heterocycles. The van der Waals surface area contributed by atoms with Gasteiger partial charge in [-0.1, -0.05) is 26.0 Å². The molecule has 1 aliphatic rings. The van der Waals surface area contributed by atoms with Crippen LogP contribution in [-0.2, 0) is 12.7 Å². The molecule has 0 amide bonds. The van der Waals surface area contributed by atoms with Crippen molar-refractivity contribution < 1.29 is 13.2 Å². The molecule has 1 aliphatic heterocycles. The number of rotatable bonds is 4. The highest BCUT2D eigenvalue weighted by Gasteiger charge is 2.30. The fraction of sp³-hybridized carbons (Fsp3) is 0.625. The average molecular weight is 300 g/mol. The van der Waals surface area contributed by atoms with Gasteiger partial charge in [0.2, 0.25) is 0 Å². The first kappa shape index (κ1) is 16.3. The second kappa shape index (κ2) is 6.79. The maximum absolute atomic E-state index is 12.6. The smallest absolute Gasteiger partial charge is 0.311 e. The predicted molar refractivity (Wildman–Crippen MR) is 78.0 cm³/mol. The summed E-state index contributed by atoms with van der Waals surface area (Å²) in [7, 11) is 0. The second-order valence-electron chi connectivity index (χ2n) is 5.70. The molecule has 0 saturated carbocycles. The summed E-state index contributed by atoms with van der Waals surface area (Å²) < 4.78 is 37.7. The van der Waals surface area contributed by atoms with Crippen LogP contribution in [0.5, 0.6) is 0 Å². The maximum atomic E-state index is 12.6. The zero-order valence-corrected chi connectivity index (χ0v) is 12.6. The molecule has 5 heteroatoms. The number of nitrogens with zero attached hydrogens (tertiary/aromatic N) is 1. The van der Waals surface area contributed by atoms with Crippen LogP contribution in [0.25, 0.3) is 0 Å². The summed E-state index contributed by atoms with van der Waals surface area (Å²) in [6.07, 6.45) is -2.14. The quantitative estimate of drug-likeness (QED) is 0.913. The Morgan fingerprint density at radius 2 is 1.81 bits per heavy atom. The summed E-state index contributed by atoms with van der Waals surface area (Å²) >= 11 is 0. The van der Waals surface area contributed by atoms with E-state index in [1.54, 1.807) is 12.1 Å². The van der Waals surface area contributed by atoms with Gasteiger partial charge in [-0.2, -0.15) is 13.2 Å². The van der Waals surface area contributed by atoms with Crippen LogP contribution in [0.15, 0.2) is 24.3 Å². The third kappa shape index (κ3) is 4.20. The molecule has 0 spiro atoms. The summed E-state index contributed by atoms with van der Waals surface area (Å²) in [4.78, 5) is 2.38. The molecule has 2 atom stereocenters. The van der Waals surface area contributed by atoms with Gasteiger partial charge in [0, 0.05) is 31.7 Å². The Kier molecular flexibility index (Phi) is 5.27. The minimum Gasteiger partial charge on any atom is -0.311 e. The van der Waals surface area contributed by atoms with E-state index < -0.39 is 11.7 Å². The molecular weight excluding hydrogens is 277 g/mol. The van der Waals surface area contributed by atoms with Crippen molar-refractivity contribution in [1.29, 1.82) is 0 Å². The summed E-state index contributed by atoms with van der Waals surface area (Å²) in [5.41, 5.74) is 0.364. The average Bonchev–Trinajstić information content (AvgIpc) is 2.46. The van der Waals surface area contributed by atoms with E-state index >= 15 is 0 Å². The zero-order chi connectivity index (χ0) is 15.5. The summed E-state index contributed by atoms with van der Waals surface area (Å²) in [6.45, 7) is 6.93. The van der Waals surface area contributed by atoms with Crippen molar-refractivity contribution in [2.24, 2.45) is 0 Å². The molecule has 1 saturated heterocycles. The van der Waals surface area contributed by atoms with Crippen LogP contribution in [-0.4, -0.2) is 30.1 Å². The number of hydrogen-bond acceptors (Lipinski definition) is 2. The third-order valence-electron chi connectivity index (χ3n) is 4.24. The molecule has 2 nitrogen and oxygen atoms in total. The number of piperazine rings is 1.